The van der Waals surface area contributed by atoms with E-state index in [1.165, 1.54) is 0 Å². The third-order valence-corrected chi connectivity index (χ3v) is 1.76. The molecule has 0 aromatic rings. The summed E-state index contributed by atoms with van der Waals surface area (Å²) in [6.45, 7) is 3.03. The largest absolute Gasteiger partial charge is 0.370 e. The average molecular weight is 187 g/mol. The lowest BCUT2D eigenvalue weighted by Crippen LogP contribution is -2.27. The molecule has 13 heavy (non-hydrogen) atoms. The Morgan fingerprint density at radius 3 is 2.54 bits per heavy atom. The number of carbonyl (C=O) groups excluding carboxylic acids is 1. The molecular weight excluding hydrogens is 166 g/mol. The topological polar surface area (TPSA) is 58.4 Å². The minimum absolute atomic E-state index is 0.201. The van der Waals surface area contributed by atoms with E-state index in [1.807, 2.05) is 0 Å². The number of nitrogens with two attached hydrogens (primary N) is 1. The fourth-order valence-electron chi connectivity index (χ4n) is 0.977. The first-order chi connectivity index (χ1) is 6.13. The Labute approximate surface area is 80.5 Å². The number of hydrogen-bond donors (Lipinski definition) is 2. The van der Waals surface area contributed by atoms with E-state index in [4.69, 9.17) is 5.73 Å². The van der Waals surface area contributed by atoms with E-state index in [2.05, 4.69) is 24.3 Å². The molecule has 0 spiro atoms. The lowest BCUT2D eigenvalue weighted by molar-refractivity contribution is -0.118. The summed E-state index contributed by atoms with van der Waals surface area (Å²) in [5.74, 6) is -0.201. The van der Waals surface area contributed by atoms with Crippen LogP contribution in [0.15, 0.2) is 0 Å². The number of primary amides is 1. The van der Waals surface area contributed by atoms with E-state index in [0.29, 0.717) is 6.42 Å². The molecule has 3 N–H and O–H groups in total. The molecule has 0 saturated carbocycles. The molecule has 0 aliphatic heterocycles. The lowest BCUT2D eigenvalue weighted by atomic mass is 10.2. The quantitative estimate of drug-likeness (QED) is 0.517. The van der Waals surface area contributed by atoms with Crippen LogP contribution >= 0.6 is 0 Å². The van der Waals surface area contributed by atoms with Gasteiger partial charge in [0.25, 0.3) is 0 Å². The second kappa shape index (κ2) is 8.01. The van der Waals surface area contributed by atoms with Crippen molar-refractivity contribution in [2.75, 3.05) is 33.7 Å². The van der Waals surface area contributed by atoms with Gasteiger partial charge in [-0.2, -0.15) is 0 Å². The number of carbonyl (C=O) groups is 1. The minimum Gasteiger partial charge on any atom is -0.370 e. The lowest BCUT2D eigenvalue weighted by Gasteiger charge is -2.09. The molecule has 0 aliphatic carbocycles. The Hall–Kier alpha value is -0.610. The SMILES string of the molecule is CN(C)CCNCCCCC(N)=O. The van der Waals surface area contributed by atoms with Gasteiger partial charge in [-0.3, -0.25) is 4.79 Å². The van der Waals surface area contributed by atoms with E-state index in [-0.39, 0.29) is 5.91 Å². The maximum atomic E-state index is 10.4. The monoisotopic (exact) mass is 187 g/mol. The molecular formula is C9H21N3O. The smallest absolute Gasteiger partial charge is 0.217 e. The van der Waals surface area contributed by atoms with E-state index in [9.17, 15) is 4.79 Å². The summed E-state index contributed by atoms with van der Waals surface area (Å²) in [6, 6.07) is 0. The predicted octanol–water partition coefficient (Wildman–Crippen LogP) is -0.207. The first-order valence-electron chi connectivity index (χ1n) is 4.76. The van der Waals surface area contributed by atoms with E-state index in [0.717, 1.165) is 32.5 Å². The summed E-state index contributed by atoms with van der Waals surface area (Å²) < 4.78 is 0. The van der Waals surface area contributed by atoms with Crippen molar-refractivity contribution in [3.05, 3.63) is 0 Å². The van der Waals surface area contributed by atoms with E-state index in [1.54, 1.807) is 0 Å². The molecule has 78 valence electrons. The molecule has 0 saturated heterocycles. The van der Waals surface area contributed by atoms with Gasteiger partial charge in [-0.05, 0) is 33.5 Å². The summed E-state index contributed by atoms with van der Waals surface area (Å²) >= 11 is 0. The number of likely N-dealkylation sites (N-methyl/N-ethyl adjacent to an activating group) is 1. The van der Waals surface area contributed by atoms with Gasteiger partial charge in [-0.1, -0.05) is 0 Å². The van der Waals surface area contributed by atoms with Gasteiger partial charge >= 0.3 is 0 Å². The Morgan fingerprint density at radius 2 is 2.00 bits per heavy atom. The fourth-order valence-corrected chi connectivity index (χ4v) is 0.977. The van der Waals surface area contributed by atoms with Crippen LogP contribution in [0, 0.1) is 0 Å². The second-order valence-electron chi connectivity index (χ2n) is 3.48. The number of amides is 1. The Morgan fingerprint density at radius 1 is 1.31 bits per heavy atom. The van der Waals surface area contributed by atoms with Crippen LogP contribution in [0.3, 0.4) is 0 Å². The highest BCUT2D eigenvalue weighted by Gasteiger charge is 1.94. The zero-order valence-electron chi connectivity index (χ0n) is 8.68. The van der Waals surface area contributed by atoms with Gasteiger partial charge in [-0.25, -0.2) is 0 Å². The molecule has 0 unspecified atom stereocenters. The van der Waals surface area contributed by atoms with Gasteiger partial charge in [0.2, 0.25) is 5.91 Å². The van der Waals surface area contributed by atoms with Gasteiger partial charge in [0.05, 0.1) is 0 Å². The molecule has 4 nitrogen and oxygen atoms in total. The molecule has 4 heteroatoms. The summed E-state index contributed by atoms with van der Waals surface area (Å²) in [4.78, 5) is 12.5. The van der Waals surface area contributed by atoms with Crippen LogP contribution in [0.25, 0.3) is 0 Å². The zero-order valence-corrected chi connectivity index (χ0v) is 8.68. The van der Waals surface area contributed by atoms with Gasteiger partial charge < -0.3 is 16.0 Å². The fraction of sp³-hybridized carbons (Fsp3) is 0.889. The highest BCUT2D eigenvalue weighted by Crippen LogP contribution is 1.91. The molecule has 0 aromatic carbocycles. The highest BCUT2D eigenvalue weighted by atomic mass is 16.1. The molecule has 0 aliphatic rings. The first kappa shape index (κ1) is 12.4. The second-order valence-corrected chi connectivity index (χ2v) is 3.48. The Bertz CT molecular complexity index is 137. The number of nitrogens with one attached hydrogen (secondary N) is 1. The van der Waals surface area contributed by atoms with E-state index >= 15 is 0 Å². The van der Waals surface area contributed by atoms with Gasteiger partial charge in [-0.15, -0.1) is 0 Å². The van der Waals surface area contributed by atoms with Crippen molar-refractivity contribution in [3.8, 4) is 0 Å². The molecule has 0 bridgehead atoms. The molecule has 0 atom stereocenters. The van der Waals surface area contributed by atoms with Crippen LogP contribution < -0.4 is 11.1 Å². The van der Waals surface area contributed by atoms with Crippen molar-refractivity contribution < 1.29 is 4.79 Å². The van der Waals surface area contributed by atoms with Crippen LogP contribution in [0.4, 0.5) is 0 Å². The number of nitrogens with zero attached hydrogens (tertiary/aromatic N) is 1. The Balaban J connectivity index is 2.96. The maximum Gasteiger partial charge on any atom is 0.217 e. The van der Waals surface area contributed by atoms with Crippen molar-refractivity contribution in [2.24, 2.45) is 5.73 Å². The Kier molecular flexibility index (Phi) is 7.63. The number of unbranched alkanes of at least 4 members (excludes halogenated alkanes) is 1. The summed E-state index contributed by atoms with van der Waals surface area (Å²) in [7, 11) is 4.10. The van der Waals surface area contributed by atoms with Crippen LogP contribution in [-0.2, 0) is 4.79 Å². The number of hydrogen-bond acceptors (Lipinski definition) is 3. The third kappa shape index (κ3) is 11.4. The van der Waals surface area contributed by atoms with Crippen LogP contribution in [0.2, 0.25) is 0 Å². The van der Waals surface area contributed by atoms with Crippen molar-refractivity contribution >= 4 is 5.91 Å². The molecule has 0 rings (SSSR count). The molecule has 0 radical (unpaired) electrons. The molecule has 0 heterocycles. The summed E-state index contributed by atoms with van der Waals surface area (Å²) in [6.07, 6.45) is 2.43. The highest BCUT2D eigenvalue weighted by molar-refractivity contribution is 5.73. The molecule has 0 fully saturated rings. The average Bonchev–Trinajstić information content (AvgIpc) is 2.01. The predicted molar refractivity (Wildman–Crippen MR) is 54.5 cm³/mol. The van der Waals surface area contributed by atoms with Crippen LogP contribution in [-0.4, -0.2) is 44.5 Å². The minimum atomic E-state index is -0.201. The zero-order chi connectivity index (χ0) is 10.1. The van der Waals surface area contributed by atoms with Crippen molar-refractivity contribution in [1.29, 1.82) is 0 Å². The normalized spacial score (nSPS) is 10.7. The van der Waals surface area contributed by atoms with Crippen LogP contribution in [0.5, 0.6) is 0 Å². The van der Waals surface area contributed by atoms with Gasteiger partial charge in [0.15, 0.2) is 0 Å². The summed E-state index contributed by atoms with van der Waals surface area (Å²) in [5, 5.41) is 3.30. The summed E-state index contributed by atoms with van der Waals surface area (Å²) in [5.41, 5.74) is 5.01. The molecule has 0 aromatic heterocycles. The maximum absolute atomic E-state index is 10.4. The van der Waals surface area contributed by atoms with Gasteiger partial charge in [0.1, 0.15) is 0 Å². The van der Waals surface area contributed by atoms with Crippen molar-refractivity contribution in [2.45, 2.75) is 19.3 Å². The number of rotatable bonds is 8. The standard InChI is InChI=1S/C9H21N3O/c1-12(2)8-7-11-6-4-3-5-9(10)13/h11H,3-8H2,1-2H3,(H2,10,13). The molecule has 1 amide bonds. The van der Waals surface area contributed by atoms with Crippen molar-refractivity contribution in [3.63, 3.8) is 0 Å². The van der Waals surface area contributed by atoms with Crippen molar-refractivity contribution in [1.82, 2.24) is 10.2 Å². The van der Waals surface area contributed by atoms with E-state index < -0.39 is 0 Å². The third-order valence-electron chi connectivity index (χ3n) is 1.76. The van der Waals surface area contributed by atoms with Gasteiger partial charge in [0, 0.05) is 19.5 Å². The van der Waals surface area contributed by atoms with Crippen LogP contribution in [0.1, 0.15) is 19.3 Å². The first-order valence-corrected chi connectivity index (χ1v) is 4.76.